The molecule has 0 amide bonds. The molecule has 2 aliphatic rings. The number of likely N-dealkylation sites (tertiary alicyclic amines) is 1. The van der Waals surface area contributed by atoms with Gasteiger partial charge in [-0.3, -0.25) is 4.79 Å². The normalized spacial score (nSPS) is 17.9. The molecule has 6 nitrogen and oxygen atoms in total. The number of hydrogen-bond acceptors (Lipinski definition) is 5. The molecule has 1 fully saturated rings. The van der Waals surface area contributed by atoms with Crippen LogP contribution in [0.2, 0.25) is 0 Å². The molecular weight excluding hydrogens is 451 g/mol. The second-order valence-corrected chi connectivity index (χ2v) is 8.88. The van der Waals surface area contributed by atoms with Crippen molar-refractivity contribution in [3.8, 4) is 17.2 Å². The molecule has 2 N–H and O–H groups in total. The molecule has 2 heterocycles. The average molecular weight is 481 g/mol. The molecule has 0 aliphatic carbocycles. The maximum atomic E-state index is 12.9. The summed E-state index contributed by atoms with van der Waals surface area (Å²) in [6, 6.07) is 10.7. The number of nitrogens with one attached hydrogen (secondary N) is 1. The van der Waals surface area contributed by atoms with Crippen LogP contribution in [0, 0.1) is 5.92 Å². The summed E-state index contributed by atoms with van der Waals surface area (Å²) in [6.45, 7) is 3.62. The number of ether oxygens (including phenoxy) is 3. The van der Waals surface area contributed by atoms with Gasteiger partial charge in [0.15, 0.2) is 11.5 Å². The molecule has 1 saturated heterocycles. The van der Waals surface area contributed by atoms with Gasteiger partial charge in [0.1, 0.15) is 24.7 Å². The first-order valence-corrected chi connectivity index (χ1v) is 11.5. The van der Waals surface area contributed by atoms with Crippen LogP contribution in [0.3, 0.4) is 0 Å². The molecule has 0 radical (unpaired) electrons. The van der Waals surface area contributed by atoms with Crippen LogP contribution in [0.15, 0.2) is 42.5 Å². The molecule has 2 aromatic rings. The van der Waals surface area contributed by atoms with Crippen LogP contribution in [0.1, 0.15) is 36.5 Å². The first-order valence-electron chi connectivity index (χ1n) is 11.5. The summed E-state index contributed by atoms with van der Waals surface area (Å²) < 4.78 is 52.1. The van der Waals surface area contributed by atoms with Gasteiger partial charge in [-0.05, 0) is 35.4 Å². The number of alkyl halides is 3. The number of rotatable bonds is 9. The number of carbonyl (C=O) groups excluding carboxylic acids is 1. The maximum Gasteiger partial charge on any atom is 0.573 e. The van der Waals surface area contributed by atoms with E-state index in [0.29, 0.717) is 42.4 Å². The number of ketones is 1. The number of hydrogen-bond donors (Lipinski definition) is 2. The fourth-order valence-corrected chi connectivity index (χ4v) is 4.66. The van der Waals surface area contributed by atoms with Gasteiger partial charge < -0.3 is 24.2 Å². The lowest BCUT2D eigenvalue weighted by Gasteiger charge is -2.26. The predicted octanol–water partition coefficient (Wildman–Crippen LogP) is 2.89. The molecule has 0 spiro atoms. The molecule has 0 aromatic heterocycles. The SMILES string of the molecule is O=C(Cc1ccc(OC(F)(F)F)cc1)C[C@H](C[NH+]1CCCC1)[C@H](O)c1ccc2c(c1)OCCO2. The second-order valence-electron chi connectivity index (χ2n) is 8.88. The minimum Gasteiger partial charge on any atom is -0.486 e. The van der Waals surface area contributed by atoms with Crippen LogP contribution < -0.4 is 19.1 Å². The number of Topliss-reactive ketones (excluding diaryl/α,β-unsaturated/α-hetero) is 1. The highest BCUT2D eigenvalue weighted by Gasteiger charge is 2.32. The topological polar surface area (TPSA) is 69.4 Å². The van der Waals surface area contributed by atoms with Gasteiger partial charge in [0.05, 0.1) is 25.7 Å². The first-order chi connectivity index (χ1) is 16.3. The van der Waals surface area contributed by atoms with E-state index in [-0.39, 0.29) is 30.3 Å². The van der Waals surface area contributed by atoms with E-state index in [2.05, 4.69) is 4.74 Å². The zero-order chi connectivity index (χ0) is 24.1. The molecule has 2 aromatic carbocycles. The third kappa shape index (κ3) is 6.64. The summed E-state index contributed by atoms with van der Waals surface area (Å²) in [5.41, 5.74) is 1.27. The summed E-state index contributed by atoms with van der Waals surface area (Å²) in [6.07, 6.45) is -3.11. The van der Waals surface area contributed by atoms with Crippen molar-refractivity contribution in [1.29, 1.82) is 0 Å². The van der Waals surface area contributed by atoms with Crippen molar-refractivity contribution in [2.45, 2.75) is 38.1 Å². The second kappa shape index (κ2) is 10.7. The molecule has 0 unspecified atom stereocenters. The first kappa shape index (κ1) is 24.3. The lowest BCUT2D eigenvalue weighted by Crippen LogP contribution is -3.10. The van der Waals surface area contributed by atoms with Crippen molar-refractivity contribution in [2.24, 2.45) is 5.92 Å². The monoisotopic (exact) mass is 480 g/mol. The Labute approximate surface area is 196 Å². The highest BCUT2D eigenvalue weighted by Crippen LogP contribution is 2.35. The third-order valence-electron chi connectivity index (χ3n) is 6.26. The van der Waals surface area contributed by atoms with E-state index >= 15 is 0 Å². The Morgan fingerprint density at radius 1 is 1.03 bits per heavy atom. The summed E-state index contributed by atoms with van der Waals surface area (Å²) in [5, 5.41) is 11.2. The number of benzene rings is 2. The number of aliphatic hydroxyl groups is 1. The van der Waals surface area contributed by atoms with E-state index in [0.717, 1.165) is 25.9 Å². The van der Waals surface area contributed by atoms with E-state index < -0.39 is 12.5 Å². The quantitative estimate of drug-likeness (QED) is 0.578. The Hall–Kier alpha value is -2.78. The van der Waals surface area contributed by atoms with Gasteiger partial charge in [-0.2, -0.15) is 0 Å². The predicted molar refractivity (Wildman–Crippen MR) is 117 cm³/mol. The zero-order valence-corrected chi connectivity index (χ0v) is 18.8. The van der Waals surface area contributed by atoms with E-state index in [1.165, 1.54) is 29.2 Å². The molecule has 2 aliphatic heterocycles. The Morgan fingerprint density at radius 3 is 2.38 bits per heavy atom. The van der Waals surface area contributed by atoms with Gasteiger partial charge in [-0.15, -0.1) is 13.2 Å². The third-order valence-corrected chi connectivity index (χ3v) is 6.26. The Kier molecular flexibility index (Phi) is 7.63. The van der Waals surface area contributed by atoms with Crippen LogP contribution in [-0.2, 0) is 11.2 Å². The van der Waals surface area contributed by atoms with Gasteiger partial charge in [-0.1, -0.05) is 18.2 Å². The molecule has 0 bridgehead atoms. The smallest absolute Gasteiger partial charge is 0.486 e. The Morgan fingerprint density at radius 2 is 1.71 bits per heavy atom. The maximum absolute atomic E-state index is 12.9. The van der Waals surface area contributed by atoms with Crippen molar-refractivity contribution in [1.82, 2.24) is 0 Å². The minimum atomic E-state index is -4.76. The van der Waals surface area contributed by atoms with Gasteiger partial charge >= 0.3 is 6.36 Å². The highest BCUT2D eigenvalue weighted by molar-refractivity contribution is 5.81. The van der Waals surface area contributed by atoms with E-state index in [4.69, 9.17) is 9.47 Å². The van der Waals surface area contributed by atoms with Crippen molar-refractivity contribution in [2.75, 3.05) is 32.8 Å². The van der Waals surface area contributed by atoms with Crippen LogP contribution in [-0.4, -0.2) is 50.1 Å². The fourth-order valence-electron chi connectivity index (χ4n) is 4.66. The minimum absolute atomic E-state index is 0.0754. The molecule has 2 atom stereocenters. The van der Waals surface area contributed by atoms with Gasteiger partial charge in [0, 0.05) is 31.6 Å². The van der Waals surface area contributed by atoms with E-state index in [1.807, 2.05) is 0 Å². The zero-order valence-electron chi connectivity index (χ0n) is 18.8. The molecule has 34 heavy (non-hydrogen) atoms. The molecule has 0 saturated carbocycles. The van der Waals surface area contributed by atoms with Gasteiger partial charge in [0.2, 0.25) is 0 Å². The van der Waals surface area contributed by atoms with Crippen molar-refractivity contribution < 1.29 is 42.2 Å². The van der Waals surface area contributed by atoms with Crippen molar-refractivity contribution >= 4 is 5.78 Å². The lowest BCUT2D eigenvalue weighted by atomic mass is 9.89. The van der Waals surface area contributed by atoms with Crippen molar-refractivity contribution in [3.63, 3.8) is 0 Å². The molecule has 4 rings (SSSR count). The summed E-state index contributed by atoms with van der Waals surface area (Å²) in [7, 11) is 0. The number of fused-ring (bicyclic) bond motifs is 1. The fraction of sp³-hybridized carbons (Fsp3) is 0.480. The lowest BCUT2D eigenvalue weighted by molar-refractivity contribution is -0.891. The van der Waals surface area contributed by atoms with Crippen LogP contribution in [0.25, 0.3) is 0 Å². The highest BCUT2D eigenvalue weighted by atomic mass is 19.4. The summed E-state index contributed by atoms with van der Waals surface area (Å²) in [4.78, 5) is 14.3. The molecular formula is C25H29F3NO5+. The van der Waals surface area contributed by atoms with Crippen LogP contribution in [0.4, 0.5) is 13.2 Å². The van der Waals surface area contributed by atoms with E-state index in [9.17, 15) is 23.1 Å². The number of aliphatic hydroxyl groups excluding tert-OH is 1. The number of quaternary nitrogens is 1. The summed E-state index contributed by atoms with van der Waals surface area (Å²) in [5.74, 6) is 0.523. The standard InChI is InChI=1S/C25H28F3NO5/c26-25(27,28)34-21-6-3-17(4-7-21)13-20(30)14-19(16-29-9-1-2-10-29)24(31)18-5-8-22-23(15-18)33-12-11-32-22/h3-8,15,19,24,31H,1-2,9-14,16H2/p+1/t19-,24-/m1/s1. The average Bonchev–Trinajstić information content (AvgIpc) is 3.31. The Balaban J connectivity index is 1.43. The van der Waals surface area contributed by atoms with E-state index in [1.54, 1.807) is 18.2 Å². The molecule has 184 valence electrons. The summed E-state index contributed by atoms with van der Waals surface area (Å²) >= 11 is 0. The largest absolute Gasteiger partial charge is 0.573 e. The number of halogens is 3. The Bertz CT molecular complexity index is 974. The van der Waals surface area contributed by atoms with Gasteiger partial charge in [-0.25, -0.2) is 0 Å². The molecule has 9 heteroatoms. The van der Waals surface area contributed by atoms with Crippen molar-refractivity contribution in [3.05, 3.63) is 53.6 Å². The number of carbonyl (C=O) groups is 1. The van der Waals surface area contributed by atoms with Gasteiger partial charge in [0.25, 0.3) is 0 Å². The van der Waals surface area contributed by atoms with Crippen LogP contribution >= 0.6 is 0 Å². The van der Waals surface area contributed by atoms with Crippen LogP contribution in [0.5, 0.6) is 17.2 Å².